The standard InChI is InChI=1S/C20H35NOSi/c1-12(2)16(9)19-18(11-21)20(19)17(10)22-23(13(3)4,14(5)6)15(7)8/h12-15,18-20H,9-10H2,1-8H3/t18-,19-,20+/m1/s1. The van der Waals surface area contributed by atoms with Crippen molar-refractivity contribution in [2.24, 2.45) is 23.7 Å². The first-order chi connectivity index (χ1) is 10.5. The highest BCUT2D eigenvalue weighted by atomic mass is 28.4. The number of nitrogens with zero attached hydrogens (tertiary/aromatic N) is 1. The van der Waals surface area contributed by atoms with Gasteiger partial charge in [-0.3, -0.25) is 0 Å². The summed E-state index contributed by atoms with van der Waals surface area (Å²) in [5.41, 5.74) is 2.72. The number of nitriles is 1. The second kappa shape index (κ2) is 7.26. The van der Waals surface area contributed by atoms with Gasteiger partial charge in [0.05, 0.1) is 17.7 Å². The lowest BCUT2D eigenvalue weighted by atomic mass is 9.98. The fourth-order valence-corrected chi connectivity index (χ4v) is 9.66. The van der Waals surface area contributed by atoms with E-state index in [2.05, 4.69) is 74.6 Å². The van der Waals surface area contributed by atoms with E-state index in [1.54, 1.807) is 0 Å². The van der Waals surface area contributed by atoms with E-state index in [-0.39, 0.29) is 17.8 Å². The molecule has 0 aromatic rings. The molecule has 0 saturated heterocycles. The minimum absolute atomic E-state index is 0.00409. The smallest absolute Gasteiger partial charge is 0.258 e. The van der Waals surface area contributed by atoms with Gasteiger partial charge in [-0.2, -0.15) is 5.26 Å². The van der Waals surface area contributed by atoms with E-state index < -0.39 is 8.32 Å². The maximum Gasteiger partial charge on any atom is 0.258 e. The van der Waals surface area contributed by atoms with Crippen molar-refractivity contribution in [3.05, 3.63) is 24.5 Å². The summed E-state index contributed by atoms with van der Waals surface area (Å²) >= 11 is 0. The van der Waals surface area contributed by atoms with Crippen molar-refractivity contribution >= 4 is 8.32 Å². The van der Waals surface area contributed by atoms with Crippen LogP contribution >= 0.6 is 0 Å². The fraction of sp³-hybridized carbons (Fsp3) is 0.750. The molecule has 1 aliphatic rings. The van der Waals surface area contributed by atoms with E-state index >= 15 is 0 Å². The number of allylic oxidation sites excluding steroid dienone is 2. The first-order valence-electron chi connectivity index (χ1n) is 8.98. The van der Waals surface area contributed by atoms with Crippen LogP contribution in [0.4, 0.5) is 0 Å². The van der Waals surface area contributed by atoms with Gasteiger partial charge in [-0.1, -0.05) is 74.1 Å². The molecule has 0 radical (unpaired) electrons. The molecular weight excluding hydrogens is 298 g/mol. The molecule has 3 heteroatoms. The first-order valence-corrected chi connectivity index (χ1v) is 11.1. The van der Waals surface area contributed by atoms with Crippen molar-refractivity contribution in [3.8, 4) is 6.07 Å². The molecule has 0 aliphatic heterocycles. The van der Waals surface area contributed by atoms with E-state index in [0.717, 1.165) is 11.3 Å². The Morgan fingerprint density at radius 3 is 1.65 bits per heavy atom. The van der Waals surface area contributed by atoms with E-state index in [4.69, 9.17) is 4.43 Å². The lowest BCUT2D eigenvalue weighted by Crippen LogP contribution is -2.47. The summed E-state index contributed by atoms with van der Waals surface area (Å²) in [4.78, 5) is 0. The second-order valence-electron chi connectivity index (χ2n) is 8.32. The van der Waals surface area contributed by atoms with Crippen LogP contribution in [-0.4, -0.2) is 8.32 Å². The highest BCUT2D eigenvalue weighted by molar-refractivity contribution is 6.77. The molecule has 1 saturated carbocycles. The molecule has 1 fully saturated rings. The Morgan fingerprint density at radius 2 is 1.35 bits per heavy atom. The first kappa shape index (κ1) is 20.0. The molecule has 3 atom stereocenters. The van der Waals surface area contributed by atoms with E-state index in [0.29, 0.717) is 22.5 Å². The van der Waals surface area contributed by atoms with Crippen LogP contribution in [0.5, 0.6) is 0 Å². The Bertz CT molecular complexity index is 476. The van der Waals surface area contributed by atoms with Crippen molar-refractivity contribution in [1.29, 1.82) is 5.26 Å². The van der Waals surface area contributed by atoms with Gasteiger partial charge in [-0.25, -0.2) is 0 Å². The second-order valence-corrected chi connectivity index (χ2v) is 13.7. The van der Waals surface area contributed by atoms with Crippen LogP contribution in [0.25, 0.3) is 0 Å². The topological polar surface area (TPSA) is 33.0 Å². The Balaban J connectivity index is 3.02. The third kappa shape index (κ3) is 3.58. The minimum Gasteiger partial charge on any atom is -0.546 e. The molecule has 1 rings (SSSR count). The highest BCUT2D eigenvalue weighted by Crippen LogP contribution is 2.57. The van der Waals surface area contributed by atoms with Crippen LogP contribution in [0, 0.1) is 35.0 Å². The lowest BCUT2D eigenvalue weighted by molar-refractivity contribution is 0.343. The van der Waals surface area contributed by atoms with Gasteiger partial charge >= 0.3 is 0 Å². The van der Waals surface area contributed by atoms with Crippen LogP contribution in [0.1, 0.15) is 55.4 Å². The van der Waals surface area contributed by atoms with Gasteiger partial charge in [0.1, 0.15) is 0 Å². The average molecular weight is 334 g/mol. The lowest BCUT2D eigenvalue weighted by Gasteiger charge is -2.43. The zero-order chi connectivity index (χ0) is 18.1. The summed E-state index contributed by atoms with van der Waals surface area (Å²) in [5.74, 6) is 1.60. The van der Waals surface area contributed by atoms with Crippen molar-refractivity contribution in [3.63, 3.8) is 0 Å². The van der Waals surface area contributed by atoms with Crippen LogP contribution in [0.2, 0.25) is 16.6 Å². The maximum atomic E-state index is 9.48. The predicted octanol–water partition coefficient (Wildman–Crippen LogP) is 6.29. The molecule has 0 amide bonds. The predicted molar refractivity (Wildman–Crippen MR) is 101 cm³/mol. The summed E-state index contributed by atoms with van der Waals surface area (Å²) in [6.45, 7) is 26.4. The zero-order valence-electron chi connectivity index (χ0n) is 16.3. The normalized spacial score (nSPS) is 24.2. The van der Waals surface area contributed by atoms with Gasteiger partial charge in [-0.15, -0.1) is 0 Å². The highest BCUT2D eigenvalue weighted by Gasteiger charge is 2.57. The van der Waals surface area contributed by atoms with Gasteiger partial charge in [0.15, 0.2) is 0 Å². The SMILES string of the molecule is C=C(C(C)C)[C@@H]1[C@@H](C#N)[C@@H]1C(=C)O[Si](C(C)C)(C(C)C)C(C)C. The monoisotopic (exact) mass is 333 g/mol. The number of hydrogen-bond acceptors (Lipinski definition) is 2. The molecule has 0 unspecified atom stereocenters. The van der Waals surface area contributed by atoms with Crippen LogP contribution in [-0.2, 0) is 4.43 Å². The zero-order valence-corrected chi connectivity index (χ0v) is 17.3. The fourth-order valence-electron chi connectivity index (χ4n) is 4.37. The quantitative estimate of drug-likeness (QED) is 0.297. The number of hydrogen-bond donors (Lipinski definition) is 0. The Hall–Kier alpha value is -1.01. The minimum atomic E-state index is -1.99. The molecule has 130 valence electrons. The largest absolute Gasteiger partial charge is 0.546 e. The summed E-state index contributed by atoms with van der Waals surface area (Å²) in [6.07, 6.45) is 0. The van der Waals surface area contributed by atoms with Crippen LogP contribution in [0.3, 0.4) is 0 Å². The molecule has 0 aromatic heterocycles. The molecule has 0 aromatic carbocycles. The Kier molecular flexibility index (Phi) is 6.32. The van der Waals surface area contributed by atoms with Gasteiger partial charge < -0.3 is 4.43 Å². The van der Waals surface area contributed by atoms with Gasteiger partial charge in [0, 0.05) is 11.8 Å². The molecule has 0 bridgehead atoms. The summed E-state index contributed by atoms with van der Waals surface area (Å²) in [5, 5.41) is 9.48. The van der Waals surface area contributed by atoms with Crippen molar-refractivity contribution in [1.82, 2.24) is 0 Å². The third-order valence-electron chi connectivity index (χ3n) is 5.73. The van der Waals surface area contributed by atoms with E-state index in [9.17, 15) is 5.26 Å². The molecule has 0 N–H and O–H groups in total. The van der Waals surface area contributed by atoms with Crippen LogP contribution in [0.15, 0.2) is 24.5 Å². The molecular formula is C20H35NOSi. The summed E-state index contributed by atoms with van der Waals surface area (Å²) < 4.78 is 6.69. The van der Waals surface area contributed by atoms with Crippen molar-refractivity contribution in [2.45, 2.75) is 72.0 Å². The van der Waals surface area contributed by atoms with E-state index in [1.807, 2.05) is 0 Å². The molecule has 23 heavy (non-hydrogen) atoms. The van der Waals surface area contributed by atoms with Crippen molar-refractivity contribution in [2.75, 3.05) is 0 Å². The van der Waals surface area contributed by atoms with Crippen molar-refractivity contribution < 1.29 is 4.43 Å². The summed E-state index contributed by atoms with van der Waals surface area (Å²) in [6, 6.07) is 2.44. The average Bonchev–Trinajstić information content (AvgIpc) is 3.16. The van der Waals surface area contributed by atoms with E-state index in [1.165, 1.54) is 0 Å². The molecule has 2 nitrogen and oxygen atoms in total. The van der Waals surface area contributed by atoms with Gasteiger partial charge in [0.25, 0.3) is 8.32 Å². The number of rotatable bonds is 8. The molecule has 0 spiro atoms. The molecule has 1 aliphatic carbocycles. The summed E-state index contributed by atoms with van der Waals surface area (Å²) in [7, 11) is -1.99. The van der Waals surface area contributed by atoms with Gasteiger partial charge in [-0.05, 0) is 22.5 Å². The molecule has 0 heterocycles. The Morgan fingerprint density at radius 1 is 0.913 bits per heavy atom. The third-order valence-corrected chi connectivity index (χ3v) is 11.8. The Labute approximate surface area is 144 Å². The van der Waals surface area contributed by atoms with Gasteiger partial charge in [0.2, 0.25) is 0 Å². The maximum absolute atomic E-state index is 9.48. The van der Waals surface area contributed by atoms with Crippen LogP contribution < -0.4 is 0 Å².